The van der Waals surface area contributed by atoms with Gasteiger partial charge in [0.2, 0.25) is 0 Å². The minimum absolute atomic E-state index is 0.193. The zero-order valence-corrected chi connectivity index (χ0v) is 13.7. The van der Waals surface area contributed by atoms with Crippen LogP contribution in [0.3, 0.4) is 0 Å². The van der Waals surface area contributed by atoms with Crippen molar-refractivity contribution < 1.29 is 19.8 Å². The van der Waals surface area contributed by atoms with Crippen LogP contribution >= 0.6 is 0 Å². The van der Waals surface area contributed by atoms with E-state index < -0.39 is 24.7 Å². The molecule has 1 aliphatic heterocycles. The number of nitrogens with zero attached hydrogens (tertiary/aromatic N) is 2. The van der Waals surface area contributed by atoms with Crippen LogP contribution in [0.4, 0.5) is 4.79 Å². The summed E-state index contributed by atoms with van der Waals surface area (Å²) in [6.45, 7) is 0.0548. The fourth-order valence-corrected chi connectivity index (χ4v) is 3.21. The van der Waals surface area contributed by atoms with Gasteiger partial charge in [0.1, 0.15) is 0 Å². The van der Waals surface area contributed by atoms with Crippen molar-refractivity contribution in [3.63, 3.8) is 0 Å². The Kier molecular flexibility index (Phi) is 5.00. The lowest BCUT2D eigenvalue weighted by Gasteiger charge is -2.23. The topological polar surface area (TPSA) is 81.1 Å². The summed E-state index contributed by atoms with van der Waals surface area (Å²) in [6, 6.07) is 16.3. The van der Waals surface area contributed by atoms with E-state index in [0.717, 1.165) is 11.1 Å². The molecule has 3 rings (SSSR count). The van der Waals surface area contributed by atoms with Gasteiger partial charge in [0.15, 0.2) is 6.04 Å². The Labute approximate surface area is 145 Å². The second kappa shape index (κ2) is 7.36. The van der Waals surface area contributed by atoms with Crippen LogP contribution in [0.15, 0.2) is 60.7 Å². The summed E-state index contributed by atoms with van der Waals surface area (Å²) in [4.78, 5) is 27.4. The highest BCUT2D eigenvalue weighted by molar-refractivity contribution is 5.87. The van der Waals surface area contributed by atoms with Gasteiger partial charge < -0.3 is 20.0 Å². The van der Waals surface area contributed by atoms with Crippen molar-refractivity contribution in [2.75, 3.05) is 6.61 Å². The smallest absolute Gasteiger partial charge is 0.328 e. The minimum Gasteiger partial charge on any atom is -0.480 e. The van der Waals surface area contributed by atoms with E-state index in [1.165, 1.54) is 9.80 Å². The molecule has 6 heteroatoms. The van der Waals surface area contributed by atoms with E-state index >= 15 is 0 Å². The molecule has 0 spiro atoms. The molecule has 0 radical (unpaired) electrons. The van der Waals surface area contributed by atoms with Gasteiger partial charge in [0.05, 0.1) is 12.6 Å². The van der Waals surface area contributed by atoms with Gasteiger partial charge in [-0.05, 0) is 11.1 Å². The molecule has 2 aromatic rings. The van der Waals surface area contributed by atoms with Gasteiger partial charge >= 0.3 is 12.0 Å². The average molecular weight is 340 g/mol. The first-order chi connectivity index (χ1) is 12.1. The molecule has 2 N–H and O–H groups in total. The molecule has 6 nitrogen and oxygen atoms in total. The molecule has 0 bridgehead atoms. The maximum Gasteiger partial charge on any atom is 0.328 e. The highest BCUT2D eigenvalue weighted by atomic mass is 16.4. The molecule has 0 unspecified atom stereocenters. The molecule has 1 fully saturated rings. The van der Waals surface area contributed by atoms with Crippen molar-refractivity contribution in [2.45, 2.75) is 25.2 Å². The van der Waals surface area contributed by atoms with Gasteiger partial charge in [-0.3, -0.25) is 0 Å². The maximum absolute atomic E-state index is 12.9. The van der Waals surface area contributed by atoms with E-state index in [1.54, 1.807) is 0 Å². The van der Waals surface area contributed by atoms with Crippen LogP contribution in [0.1, 0.15) is 11.1 Å². The zero-order valence-electron chi connectivity index (χ0n) is 13.7. The van der Waals surface area contributed by atoms with E-state index in [9.17, 15) is 19.8 Å². The Bertz CT molecular complexity index is 736. The van der Waals surface area contributed by atoms with Crippen LogP contribution in [0.25, 0.3) is 0 Å². The fraction of sp³-hybridized carbons (Fsp3) is 0.263. The summed E-state index contributed by atoms with van der Waals surface area (Å²) in [5, 5.41) is 19.4. The lowest BCUT2D eigenvalue weighted by Crippen LogP contribution is -2.45. The van der Waals surface area contributed by atoms with Gasteiger partial charge in [-0.25, -0.2) is 9.59 Å². The van der Waals surface area contributed by atoms with E-state index in [-0.39, 0.29) is 19.1 Å². The number of amides is 2. The van der Waals surface area contributed by atoms with Gasteiger partial charge in [-0.1, -0.05) is 60.7 Å². The third-order valence-electron chi connectivity index (χ3n) is 4.42. The first kappa shape index (κ1) is 17.0. The molecular weight excluding hydrogens is 320 g/mol. The molecule has 0 aliphatic carbocycles. The Morgan fingerprint density at radius 2 is 1.36 bits per heavy atom. The Hall–Kier alpha value is -2.86. The monoisotopic (exact) mass is 340 g/mol. The number of rotatable bonds is 6. The molecule has 2 aromatic carbocycles. The van der Waals surface area contributed by atoms with Crippen LogP contribution in [-0.4, -0.2) is 50.7 Å². The summed E-state index contributed by atoms with van der Waals surface area (Å²) in [7, 11) is 0. The summed E-state index contributed by atoms with van der Waals surface area (Å²) < 4.78 is 0. The molecular formula is C19H20N2O4. The predicted molar refractivity (Wildman–Crippen MR) is 91.7 cm³/mol. The predicted octanol–water partition coefficient (Wildman–Crippen LogP) is 1.94. The van der Waals surface area contributed by atoms with Gasteiger partial charge in [-0.15, -0.1) is 0 Å². The number of aliphatic carboxylic acids is 1. The van der Waals surface area contributed by atoms with Crippen molar-refractivity contribution in [2.24, 2.45) is 0 Å². The molecule has 0 aromatic heterocycles. The average Bonchev–Trinajstić information content (AvgIpc) is 2.89. The van der Waals surface area contributed by atoms with Crippen molar-refractivity contribution in [1.82, 2.24) is 9.80 Å². The van der Waals surface area contributed by atoms with E-state index in [0.29, 0.717) is 0 Å². The number of urea groups is 1. The van der Waals surface area contributed by atoms with Crippen LogP contribution in [0.5, 0.6) is 0 Å². The van der Waals surface area contributed by atoms with Crippen LogP contribution < -0.4 is 0 Å². The Balaban J connectivity index is 1.89. The SMILES string of the molecule is O=C(O)[C@H]1[C@@H](CO)N(Cc2ccccc2)C(=O)N1Cc1ccccc1. The highest BCUT2D eigenvalue weighted by Crippen LogP contribution is 2.27. The molecule has 1 aliphatic rings. The van der Waals surface area contributed by atoms with Crippen LogP contribution in [0.2, 0.25) is 0 Å². The van der Waals surface area contributed by atoms with Gasteiger partial charge in [-0.2, -0.15) is 0 Å². The lowest BCUT2D eigenvalue weighted by molar-refractivity contribution is -0.143. The summed E-state index contributed by atoms with van der Waals surface area (Å²) >= 11 is 0. The summed E-state index contributed by atoms with van der Waals surface area (Å²) in [6.07, 6.45) is 0. The molecule has 130 valence electrons. The Morgan fingerprint density at radius 1 is 0.880 bits per heavy atom. The number of hydrogen-bond donors (Lipinski definition) is 2. The largest absolute Gasteiger partial charge is 0.480 e. The van der Waals surface area contributed by atoms with Crippen LogP contribution in [-0.2, 0) is 17.9 Å². The normalized spacial score (nSPS) is 20.1. The second-order valence-electron chi connectivity index (χ2n) is 6.04. The molecule has 1 saturated heterocycles. The van der Waals surface area contributed by atoms with Gasteiger partial charge in [0.25, 0.3) is 0 Å². The standard InChI is InChI=1S/C19H20N2O4/c22-13-16-17(18(23)24)21(12-15-9-5-2-6-10-15)19(25)20(16)11-14-7-3-1-4-8-14/h1-10,16-17,22H,11-13H2,(H,23,24)/t16-,17-/m1/s1. The first-order valence-corrected chi connectivity index (χ1v) is 8.10. The lowest BCUT2D eigenvalue weighted by atomic mass is 10.1. The molecule has 2 amide bonds. The van der Waals surface area contributed by atoms with Crippen molar-refractivity contribution >= 4 is 12.0 Å². The third kappa shape index (κ3) is 3.49. The number of carbonyl (C=O) groups excluding carboxylic acids is 1. The van der Waals surface area contributed by atoms with E-state index in [1.807, 2.05) is 60.7 Å². The molecule has 2 atom stereocenters. The summed E-state index contributed by atoms with van der Waals surface area (Å²) in [5.41, 5.74) is 1.74. The second-order valence-corrected chi connectivity index (χ2v) is 6.04. The quantitative estimate of drug-likeness (QED) is 0.842. The van der Waals surface area contributed by atoms with Crippen molar-refractivity contribution in [1.29, 1.82) is 0 Å². The number of carboxylic acid groups (broad SMARTS) is 1. The fourth-order valence-electron chi connectivity index (χ4n) is 3.21. The summed E-state index contributed by atoms with van der Waals surface area (Å²) in [5.74, 6) is -1.11. The molecule has 0 saturated carbocycles. The number of aliphatic hydroxyl groups excluding tert-OH is 1. The minimum atomic E-state index is -1.11. The van der Waals surface area contributed by atoms with E-state index in [4.69, 9.17) is 0 Å². The Morgan fingerprint density at radius 3 is 1.80 bits per heavy atom. The number of benzene rings is 2. The maximum atomic E-state index is 12.9. The van der Waals surface area contributed by atoms with Crippen molar-refractivity contribution in [3.8, 4) is 0 Å². The van der Waals surface area contributed by atoms with Crippen LogP contribution in [0, 0.1) is 0 Å². The van der Waals surface area contributed by atoms with E-state index in [2.05, 4.69) is 0 Å². The van der Waals surface area contributed by atoms with Gasteiger partial charge in [0, 0.05) is 13.1 Å². The first-order valence-electron chi connectivity index (χ1n) is 8.10. The molecule has 25 heavy (non-hydrogen) atoms. The number of aliphatic hydroxyl groups is 1. The molecule has 1 heterocycles. The number of carboxylic acids is 1. The van der Waals surface area contributed by atoms with Crippen molar-refractivity contribution in [3.05, 3.63) is 71.8 Å². The zero-order chi connectivity index (χ0) is 17.8. The number of carbonyl (C=O) groups is 2. The highest BCUT2D eigenvalue weighted by Gasteiger charge is 2.49. The third-order valence-corrected chi connectivity index (χ3v) is 4.42. The number of hydrogen-bond acceptors (Lipinski definition) is 3.